The van der Waals surface area contributed by atoms with Crippen LogP contribution in [0.1, 0.15) is 375 Å². The molecular weight excluding hydrogens is 889 g/mol. The van der Waals surface area contributed by atoms with Gasteiger partial charge >= 0.3 is 17.9 Å². The maximum atomic E-state index is 12.9. The molecule has 2 unspecified atom stereocenters. The summed E-state index contributed by atoms with van der Waals surface area (Å²) in [5, 5.41) is 0. The molecule has 0 saturated heterocycles. The van der Waals surface area contributed by atoms with Crippen molar-refractivity contribution >= 4 is 17.9 Å². The van der Waals surface area contributed by atoms with E-state index in [4.69, 9.17) is 14.2 Å². The van der Waals surface area contributed by atoms with Crippen LogP contribution in [0.2, 0.25) is 0 Å². The van der Waals surface area contributed by atoms with Crippen molar-refractivity contribution in [1.29, 1.82) is 0 Å². The molecule has 0 aliphatic heterocycles. The average Bonchev–Trinajstić information content (AvgIpc) is 3.38. The fourth-order valence-corrected chi connectivity index (χ4v) is 10.2. The van der Waals surface area contributed by atoms with E-state index in [2.05, 4.69) is 34.6 Å². The summed E-state index contributed by atoms with van der Waals surface area (Å²) < 4.78 is 16.9. The van der Waals surface area contributed by atoms with Crippen molar-refractivity contribution in [3.05, 3.63) is 0 Å². The molecular formula is C66H128O6. The molecule has 0 aromatic rings. The van der Waals surface area contributed by atoms with Gasteiger partial charge in [-0.2, -0.15) is 0 Å². The second-order valence-electron chi connectivity index (χ2n) is 23.2. The number of unbranched alkanes of at least 4 members (excludes halogenated alkanes) is 43. The van der Waals surface area contributed by atoms with Crippen LogP contribution in [0, 0.1) is 11.8 Å². The molecule has 0 N–H and O–H groups in total. The molecule has 0 heterocycles. The van der Waals surface area contributed by atoms with Crippen LogP contribution in [0.5, 0.6) is 0 Å². The van der Waals surface area contributed by atoms with E-state index >= 15 is 0 Å². The van der Waals surface area contributed by atoms with Gasteiger partial charge in [-0.05, 0) is 31.1 Å². The fourth-order valence-electron chi connectivity index (χ4n) is 10.2. The van der Waals surface area contributed by atoms with Crippen LogP contribution in [0.4, 0.5) is 0 Å². The van der Waals surface area contributed by atoms with E-state index < -0.39 is 6.10 Å². The highest BCUT2D eigenvalue weighted by Gasteiger charge is 2.19. The van der Waals surface area contributed by atoms with Crippen LogP contribution in [-0.4, -0.2) is 37.2 Å². The standard InChI is InChI=1S/C66H128O6/c1-6-9-10-11-12-13-36-41-46-51-56-64(67)70-59-63(72-66(69)58-53-48-43-38-33-29-25-21-17-15-19-23-27-31-35-40-45-50-55-62(5)8-3)60-71-65(68)57-52-47-42-37-32-28-24-20-16-14-18-22-26-30-34-39-44-49-54-61(4)7-2/h61-63H,6-60H2,1-5H3/t61?,62?,63-/m1/s1. The van der Waals surface area contributed by atoms with Gasteiger partial charge in [0, 0.05) is 19.3 Å². The van der Waals surface area contributed by atoms with Crippen molar-refractivity contribution in [2.24, 2.45) is 11.8 Å². The summed E-state index contributed by atoms with van der Waals surface area (Å²) in [5.74, 6) is 0.987. The van der Waals surface area contributed by atoms with Gasteiger partial charge in [0.15, 0.2) is 6.10 Å². The number of esters is 3. The lowest BCUT2D eigenvalue weighted by Crippen LogP contribution is -2.30. The van der Waals surface area contributed by atoms with E-state index in [0.717, 1.165) is 69.6 Å². The molecule has 0 amide bonds. The van der Waals surface area contributed by atoms with Crippen LogP contribution in [0.15, 0.2) is 0 Å². The molecule has 0 fully saturated rings. The quantitative estimate of drug-likeness (QED) is 0.0343. The molecule has 3 atom stereocenters. The van der Waals surface area contributed by atoms with Crippen LogP contribution in [0.25, 0.3) is 0 Å². The highest BCUT2D eigenvalue weighted by molar-refractivity contribution is 5.71. The minimum absolute atomic E-state index is 0.0618. The van der Waals surface area contributed by atoms with Crippen molar-refractivity contribution in [3.8, 4) is 0 Å². The Morgan fingerprint density at radius 1 is 0.278 bits per heavy atom. The number of hydrogen-bond donors (Lipinski definition) is 0. The predicted octanol–water partition coefficient (Wildman–Crippen LogP) is 22.0. The molecule has 0 rings (SSSR count). The minimum Gasteiger partial charge on any atom is -0.462 e. The third kappa shape index (κ3) is 56.1. The Hall–Kier alpha value is -1.59. The van der Waals surface area contributed by atoms with E-state index in [9.17, 15) is 14.4 Å². The maximum absolute atomic E-state index is 12.9. The second kappa shape index (κ2) is 58.7. The van der Waals surface area contributed by atoms with Crippen LogP contribution < -0.4 is 0 Å². The van der Waals surface area contributed by atoms with Crippen LogP contribution in [-0.2, 0) is 28.6 Å². The molecule has 0 bridgehead atoms. The van der Waals surface area contributed by atoms with Crippen molar-refractivity contribution in [3.63, 3.8) is 0 Å². The first-order valence-electron chi connectivity index (χ1n) is 32.8. The fraction of sp³-hybridized carbons (Fsp3) is 0.955. The van der Waals surface area contributed by atoms with Crippen molar-refractivity contribution in [2.75, 3.05) is 13.2 Å². The zero-order valence-electron chi connectivity index (χ0n) is 49.6. The molecule has 6 nitrogen and oxygen atoms in total. The summed E-state index contributed by atoms with van der Waals surface area (Å²) in [6.07, 6.45) is 65.3. The first-order valence-corrected chi connectivity index (χ1v) is 32.8. The number of rotatable bonds is 60. The lowest BCUT2D eigenvalue weighted by molar-refractivity contribution is -0.167. The Morgan fingerprint density at radius 2 is 0.486 bits per heavy atom. The molecule has 0 aliphatic rings. The van der Waals surface area contributed by atoms with Gasteiger partial charge in [-0.15, -0.1) is 0 Å². The molecule has 0 aliphatic carbocycles. The summed E-state index contributed by atoms with van der Waals surface area (Å²) in [6, 6.07) is 0. The zero-order chi connectivity index (χ0) is 52.5. The highest BCUT2D eigenvalue weighted by atomic mass is 16.6. The molecule has 0 saturated carbocycles. The van der Waals surface area contributed by atoms with Crippen molar-refractivity contribution in [1.82, 2.24) is 0 Å². The SMILES string of the molecule is CCCCCCCCCCCCC(=O)OC[C@H](COC(=O)CCCCCCCCCCCCCCCCCCCCC(C)CC)OC(=O)CCCCCCCCCCCCCCCCCCCCC(C)CC. The van der Waals surface area contributed by atoms with E-state index in [1.54, 1.807) is 0 Å². The van der Waals surface area contributed by atoms with Crippen molar-refractivity contribution < 1.29 is 28.6 Å². The monoisotopic (exact) mass is 1020 g/mol. The van der Waals surface area contributed by atoms with Gasteiger partial charge in [0.1, 0.15) is 13.2 Å². The van der Waals surface area contributed by atoms with Gasteiger partial charge in [0.05, 0.1) is 0 Å². The summed E-state index contributed by atoms with van der Waals surface area (Å²) in [4.78, 5) is 38.2. The summed E-state index contributed by atoms with van der Waals surface area (Å²) in [7, 11) is 0. The highest BCUT2D eigenvalue weighted by Crippen LogP contribution is 2.20. The summed E-state index contributed by atoms with van der Waals surface area (Å²) in [6.45, 7) is 11.5. The Morgan fingerprint density at radius 3 is 0.722 bits per heavy atom. The normalized spacial score (nSPS) is 12.8. The Balaban J connectivity index is 4.17. The van der Waals surface area contributed by atoms with Gasteiger partial charge in [-0.3, -0.25) is 14.4 Å². The predicted molar refractivity (Wildman–Crippen MR) is 312 cm³/mol. The van der Waals surface area contributed by atoms with Gasteiger partial charge in [0.2, 0.25) is 0 Å². The van der Waals surface area contributed by atoms with E-state index in [-0.39, 0.29) is 31.1 Å². The number of carbonyl (C=O) groups is 3. The third-order valence-electron chi connectivity index (χ3n) is 15.9. The van der Waals surface area contributed by atoms with Crippen molar-refractivity contribution in [2.45, 2.75) is 381 Å². The van der Waals surface area contributed by atoms with Gasteiger partial charge in [-0.25, -0.2) is 0 Å². The van der Waals surface area contributed by atoms with Gasteiger partial charge < -0.3 is 14.2 Å². The second-order valence-corrected chi connectivity index (χ2v) is 23.2. The first kappa shape index (κ1) is 70.4. The minimum atomic E-state index is -0.763. The van der Waals surface area contributed by atoms with E-state index in [1.165, 1.54) is 263 Å². The Bertz CT molecular complexity index is 1110. The molecule has 0 radical (unpaired) electrons. The van der Waals surface area contributed by atoms with Gasteiger partial charge in [-0.1, -0.05) is 336 Å². The molecule has 72 heavy (non-hydrogen) atoms. The summed E-state index contributed by atoms with van der Waals surface area (Å²) >= 11 is 0. The Labute approximate surface area is 450 Å². The molecule has 0 spiro atoms. The largest absolute Gasteiger partial charge is 0.462 e. The summed E-state index contributed by atoms with van der Waals surface area (Å²) in [5.41, 5.74) is 0. The molecule has 0 aromatic carbocycles. The smallest absolute Gasteiger partial charge is 0.306 e. The van der Waals surface area contributed by atoms with E-state index in [0.29, 0.717) is 19.3 Å². The van der Waals surface area contributed by atoms with E-state index in [1.807, 2.05) is 0 Å². The third-order valence-corrected chi connectivity index (χ3v) is 15.9. The lowest BCUT2D eigenvalue weighted by atomic mass is 9.99. The topological polar surface area (TPSA) is 78.9 Å². The number of carbonyl (C=O) groups excluding carboxylic acids is 3. The number of hydrogen-bond acceptors (Lipinski definition) is 6. The molecule has 0 aromatic heterocycles. The van der Waals surface area contributed by atoms with Gasteiger partial charge in [0.25, 0.3) is 0 Å². The van der Waals surface area contributed by atoms with Crippen LogP contribution in [0.3, 0.4) is 0 Å². The maximum Gasteiger partial charge on any atom is 0.306 e. The number of ether oxygens (including phenoxy) is 3. The molecule has 6 heteroatoms. The average molecular weight is 1020 g/mol. The Kier molecular flexibility index (Phi) is 57.4. The first-order chi connectivity index (χ1) is 35.3. The molecule has 428 valence electrons. The zero-order valence-corrected chi connectivity index (χ0v) is 49.6. The van der Waals surface area contributed by atoms with Crippen LogP contribution >= 0.6 is 0 Å². The lowest BCUT2D eigenvalue weighted by Gasteiger charge is -2.18.